The minimum atomic E-state index is -0.131. The van der Waals surface area contributed by atoms with E-state index in [-0.39, 0.29) is 24.8 Å². The van der Waals surface area contributed by atoms with E-state index in [1.807, 2.05) is 36.0 Å². The molecule has 7 heteroatoms. The molecule has 0 bridgehead atoms. The first-order valence-corrected chi connectivity index (χ1v) is 7.47. The fraction of sp³-hybridized carbons (Fsp3) is 0.462. The zero-order chi connectivity index (χ0) is 14.5. The Kier molecular flexibility index (Phi) is 4.73. The average molecular weight is 294 g/mol. The van der Waals surface area contributed by atoms with Crippen LogP contribution in [0.5, 0.6) is 0 Å². The van der Waals surface area contributed by atoms with Crippen molar-refractivity contribution in [2.24, 2.45) is 0 Å². The van der Waals surface area contributed by atoms with Gasteiger partial charge in [-0.2, -0.15) is 0 Å². The number of hydrogen-bond donors (Lipinski definition) is 1. The van der Waals surface area contributed by atoms with E-state index >= 15 is 0 Å². The van der Waals surface area contributed by atoms with E-state index in [4.69, 9.17) is 0 Å². The number of carbonyl (C=O) groups excluding carboxylic acids is 2. The Morgan fingerprint density at radius 3 is 2.90 bits per heavy atom. The SMILES string of the molecule is CCNC(=O)CN(CC)C(=O)Cc1cn2ccsc2n1. The van der Waals surface area contributed by atoms with Crippen LogP contribution >= 0.6 is 11.3 Å². The average Bonchev–Trinajstić information content (AvgIpc) is 2.96. The fourth-order valence-electron chi connectivity index (χ4n) is 1.93. The maximum atomic E-state index is 12.2. The molecule has 20 heavy (non-hydrogen) atoms. The van der Waals surface area contributed by atoms with Gasteiger partial charge < -0.3 is 10.2 Å². The van der Waals surface area contributed by atoms with Crippen molar-refractivity contribution in [3.05, 3.63) is 23.5 Å². The van der Waals surface area contributed by atoms with Gasteiger partial charge in [-0.05, 0) is 13.8 Å². The van der Waals surface area contributed by atoms with Crippen molar-refractivity contribution >= 4 is 28.1 Å². The first-order valence-electron chi connectivity index (χ1n) is 6.59. The normalized spacial score (nSPS) is 10.7. The summed E-state index contributed by atoms with van der Waals surface area (Å²) >= 11 is 1.53. The predicted molar refractivity (Wildman–Crippen MR) is 77.7 cm³/mol. The van der Waals surface area contributed by atoms with Crippen molar-refractivity contribution in [1.29, 1.82) is 0 Å². The molecule has 0 fully saturated rings. The van der Waals surface area contributed by atoms with E-state index < -0.39 is 0 Å². The van der Waals surface area contributed by atoms with Gasteiger partial charge in [-0.1, -0.05) is 0 Å². The van der Waals surface area contributed by atoms with Crippen molar-refractivity contribution in [3.63, 3.8) is 0 Å². The number of hydrogen-bond acceptors (Lipinski definition) is 4. The molecule has 0 saturated heterocycles. The molecular formula is C13H18N4O2S. The molecule has 0 radical (unpaired) electrons. The van der Waals surface area contributed by atoms with Gasteiger partial charge in [0.2, 0.25) is 11.8 Å². The minimum absolute atomic E-state index is 0.0792. The quantitative estimate of drug-likeness (QED) is 0.861. The van der Waals surface area contributed by atoms with Gasteiger partial charge in [0, 0.05) is 30.9 Å². The predicted octanol–water partition coefficient (Wildman–Crippen LogP) is 0.923. The molecule has 0 aromatic carbocycles. The smallest absolute Gasteiger partial charge is 0.239 e. The van der Waals surface area contributed by atoms with E-state index in [0.717, 1.165) is 10.7 Å². The highest BCUT2D eigenvalue weighted by molar-refractivity contribution is 7.15. The number of nitrogens with one attached hydrogen (secondary N) is 1. The monoisotopic (exact) mass is 294 g/mol. The summed E-state index contributed by atoms with van der Waals surface area (Å²) in [5.74, 6) is -0.210. The van der Waals surface area contributed by atoms with Crippen molar-refractivity contribution < 1.29 is 9.59 Å². The van der Waals surface area contributed by atoms with Crippen LogP contribution in [0.3, 0.4) is 0 Å². The number of carbonyl (C=O) groups is 2. The maximum absolute atomic E-state index is 12.2. The standard InChI is InChI=1S/C13H18N4O2S/c1-3-14-11(18)9-16(4-2)12(19)7-10-8-17-5-6-20-13(17)15-10/h5-6,8H,3-4,7,9H2,1-2H3,(H,14,18). The molecule has 2 amide bonds. The molecule has 0 saturated carbocycles. The molecule has 2 aromatic rings. The van der Waals surface area contributed by atoms with Crippen molar-refractivity contribution in [2.75, 3.05) is 19.6 Å². The lowest BCUT2D eigenvalue weighted by Crippen LogP contribution is -2.41. The fourth-order valence-corrected chi connectivity index (χ4v) is 2.65. The summed E-state index contributed by atoms with van der Waals surface area (Å²) in [5.41, 5.74) is 0.733. The zero-order valence-corrected chi connectivity index (χ0v) is 12.4. The van der Waals surface area contributed by atoms with Crippen LogP contribution in [0.2, 0.25) is 0 Å². The van der Waals surface area contributed by atoms with Gasteiger partial charge >= 0.3 is 0 Å². The lowest BCUT2D eigenvalue weighted by atomic mass is 10.3. The van der Waals surface area contributed by atoms with Gasteiger partial charge in [0.25, 0.3) is 0 Å². The summed E-state index contributed by atoms with van der Waals surface area (Å²) in [5, 5.41) is 4.64. The number of aromatic nitrogens is 2. The molecule has 6 nitrogen and oxygen atoms in total. The molecule has 0 unspecified atom stereocenters. The summed E-state index contributed by atoms with van der Waals surface area (Å²) in [7, 11) is 0. The summed E-state index contributed by atoms with van der Waals surface area (Å²) in [6.45, 7) is 4.90. The van der Waals surface area contributed by atoms with Crippen LogP contribution in [0.1, 0.15) is 19.5 Å². The molecule has 0 aliphatic carbocycles. The highest BCUT2D eigenvalue weighted by Gasteiger charge is 2.17. The Balaban J connectivity index is 1.98. The maximum Gasteiger partial charge on any atom is 0.239 e. The molecule has 0 spiro atoms. The minimum Gasteiger partial charge on any atom is -0.355 e. The Morgan fingerprint density at radius 2 is 2.25 bits per heavy atom. The van der Waals surface area contributed by atoms with E-state index in [2.05, 4.69) is 10.3 Å². The van der Waals surface area contributed by atoms with E-state index in [1.54, 1.807) is 4.90 Å². The van der Waals surface area contributed by atoms with Crippen molar-refractivity contribution in [1.82, 2.24) is 19.6 Å². The van der Waals surface area contributed by atoms with E-state index in [1.165, 1.54) is 11.3 Å². The van der Waals surface area contributed by atoms with Gasteiger partial charge in [-0.3, -0.25) is 14.0 Å². The molecule has 0 aliphatic heterocycles. The number of rotatable bonds is 6. The first kappa shape index (κ1) is 14.5. The first-order chi connectivity index (χ1) is 9.63. The van der Waals surface area contributed by atoms with Gasteiger partial charge in [0.1, 0.15) is 0 Å². The Hall–Kier alpha value is -1.89. The summed E-state index contributed by atoms with van der Waals surface area (Å²) < 4.78 is 1.90. The number of nitrogens with zero attached hydrogens (tertiary/aromatic N) is 3. The number of thiazole rings is 1. The van der Waals surface area contributed by atoms with Crippen LogP contribution < -0.4 is 5.32 Å². The largest absolute Gasteiger partial charge is 0.355 e. The van der Waals surface area contributed by atoms with Crippen LogP contribution in [-0.4, -0.2) is 45.7 Å². The topological polar surface area (TPSA) is 66.7 Å². The van der Waals surface area contributed by atoms with Crippen LogP contribution in [0.15, 0.2) is 17.8 Å². The van der Waals surface area contributed by atoms with E-state index in [9.17, 15) is 9.59 Å². The summed E-state index contributed by atoms with van der Waals surface area (Å²) in [6.07, 6.45) is 3.98. The third-order valence-corrected chi connectivity index (χ3v) is 3.69. The molecule has 2 aromatic heterocycles. The highest BCUT2D eigenvalue weighted by atomic mass is 32.1. The second-order valence-corrected chi connectivity index (χ2v) is 5.24. The van der Waals surface area contributed by atoms with Gasteiger partial charge in [0.05, 0.1) is 18.7 Å². The van der Waals surface area contributed by atoms with E-state index in [0.29, 0.717) is 13.1 Å². The molecule has 0 aliphatic rings. The second-order valence-electron chi connectivity index (χ2n) is 4.36. The van der Waals surface area contributed by atoms with Gasteiger partial charge in [0.15, 0.2) is 4.96 Å². The highest BCUT2D eigenvalue weighted by Crippen LogP contribution is 2.12. The molecule has 2 rings (SSSR count). The molecule has 2 heterocycles. The Labute approximate surface area is 121 Å². The van der Waals surface area contributed by atoms with Crippen LogP contribution in [0, 0.1) is 0 Å². The van der Waals surface area contributed by atoms with Crippen LogP contribution in [0.4, 0.5) is 0 Å². The Bertz CT molecular complexity index is 576. The zero-order valence-electron chi connectivity index (χ0n) is 11.6. The van der Waals surface area contributed by atoms with Crippen molar-refractivity contribution in [3.8, 4) is 0 Å². The van der Waals surface area contributed by atoms with Crippen LogP contribution in [-0.2, 0) is 16.0 Å². The second kappa shape index (κ2) is 6.51. The third-order valence-electron chi connectivity index (χ3n) is 2.92. The van der Waals surface area contributed by atoms with Gasteiger partial charge in [-0.15, -0.1) is 11.3 Å². The number of fused-ring (bicyclic) bond motifs is 1. The number of amides is 2. The summed E-state index contributed by atoms with van der Waals surface area (Å²) in [4.78, 5) is 30.5. The lowest BCUT2D eigenvalue weighted by Gasteiger charge is -2.19. The Morgan fingerprint density at radius 1 is 1.45 bits per heavy atom. The summed E-state index contributed by atoms with van der Waals surface area (Å²) in [6, 6.07) is 0. The number of likely N-dealkylation sites (N-methyl/N-ethyl adjacent to an activating group) is 2. The molecule has 0 atom stereocenters. The molecular weight excluding hydrogens is 276 g/mol. The van der Waals surface area contributed by atoms with Crippen molar-refractivity contribution in [2.45, 2.75) is 20.3 Å². The molecule has 108 valence electrons. The van der Waals surface area contributed by atoms with Crippen LogP contribution in [0.25, 0.3) is 4.96 Å². The van der Waals surface area contributed by atoms with Gasteiger partial charge in [-0.25, -0.2) is 4.98 Å². The third kappa shape index (κ3) is 3.36. The number of imidazole rings is 1. The lowest BCUT2D eigenvalue weighted by molar-refractivity contribution is -0.135. The molecule has 1 N–H and O–H groups in total.